The quantitative estimate of drug-likeness (QED) is 0.410. The molecule has 0 atom stereocenters. The number of hydrogen-bond donors (Lipinski definition) is 1. The summed E-state index contributed by atoms with van der Waals surface area (Å²) in [4.78, 5) is 39.2. The normalized spacial score (nSPS) is 10.9. The first kappa shape index (κ1) is 22.4. The molecule has 0 saturated carbocycles. The Hall–Kier alpha value is -3.77. The molecule has 0 aliphatic carbocycles. The minimum atomic E-state index is -0.534. The number of halogens is 2. The van der Waals surface area contributed by atoms with Crippen molar-refractivity contribution in [3.05, 3.63) is 110 Å². The number of nitrogens with one attached hydrogen (secondary N) is 1. The minimum Gasteiger partial charge on any atom is -0.337 e. The highest BCUT2D eigenvalue weighted by atomic mass is 35.5. The van der Waals surface area contributed by atoms with Crippen LogP contribution in [-0.4, -0.2) is 16.3 Å². The second kappa shape index (κ2) is 9.00. The van der Waals surface area contributed by atoms with Gasteiger partial charge in [0.05, 0.1) is 11.1 Å². The molecule has 0 radical (unpaired) electrons. The molecular weight excluding hydrogens is 443 g/mol. The van der Waals surface area contributed by atoms with E-state index in [1.165, 1.54) is 30.5 Å². The summed E-state index contributed by atoms with van der Waals surface area (Å²) in [5, 5.41) is 3.71. The summed E-state index contributed by atoms with van der Waals surface area (Å²) in [5.41, 5.74) is 2.44. The number of aromatic nitrogens is 1. The van der Waals surface area contributed by atoms with E-state index in [0.29, 0.717) is 27.2 Å². The van der Waals surface area contributed by atoms with Crippen LogP contribution in [0.5, 0.6) is 0 Å². The van der Waals surface area contributed by atoms with Crippen LogP contribution < -0.4 is 10.7 Å². The Bertz CT molecular complexity index is 1440. The Morgan fingerprint density at radius 2 is 1.67 bits per heavy atom. The zero-order valence-corrected chi connectivity index (χ0v) is 18.7. The predicted molar refractivity (Wildman–Crippen MR) is 128 cm³/mol. The topological polar surface area (TPSA) is 68.2 Å². The van der Waals surface area contributed by atoms with Crippen molar-refractivity contribution in [2.75, 3.05) is 5.32 Å². The van der Waals surface area contributed by atoms with Gasteiger partial charge in [-0.3, -0.25) is 14.4 Å². The van der Waals surface area contributed by atoms with Crippen LogP contribution in [0.1, 0.15) is 27.0 Å². The summed E-state index contributed by atoms with van der Waals surface area (Å²) in [6.45, 7) is 3.57. The standard InChI is InChI=1S/C26H20ClFN2O3/c1-15-11-16(2)24-22(12-15)30(14-23(31)29-20-9-5-18(27)6-10-20)13-21(26(24)33)25(32)17-3-7-19(28)8-4-17/h3-13H,14H2,1-2H3,(H,29,31). The molecule has 166 valence electrons. The average Bonchev–Trinajstić information content (AvgIpc) is 2.77. The fourth-order valence-corrected chi connectivity index (χ4v) is 3.95. The van der Waals surface area contributed by atoms with Crippen molar-refractivity contribution in [1.29, 1.82) is 0 Å². The van der Waals surface area contributed by atoms with Crippen molar-refractivity contribution in [3.63, 3.8) is 0 Å². The van der Waals surface area contributed by atoms with Crippen LogP contribution in [0.4, 0.5) is 10.1 Å². The zero-order chi connectivity index (χ0) is 23.7. The van der Waals surface area contributed by atoms with Gasteiger partial charge in [0.2, 0.25) is 11.3 Å². The molecule has 33 heavy (non-hydrogen) atoms. The molecule has 0 unspecified atom stereocenters. The number of benzene rings is 3. The van der Waals surface area contributed by atoms with E-state index >= 15 is 0 Å². The number of amides is 1. The summed E-state index contributed by atoms with van der Waals surface area (Å²) in [7, 11) is 0. The molecule has 4 aromatic rings. The van der Waals surface area contributed by atoms with Gasteiger partial charge >= 0.3 is 0 Å². The fourth-order valence-electron chi connectivity index (χ4n) is 3.82. The Morgan fingerprint density at radius 1 is 1.00 bits per heavy atom. The van der Waals surface area contributed by atoms with E-state index in [0.717, 1.165) is 5.56 Å². The molecular formula is C26H20ClFN2O3. The third kappa shape index (κ3) is 4.71. The number of ketones is 1. The highest BCUT2D eigenvalue weighted by Crippen LogP contribution is 2.21. The Balaban J connectivity index is 1.80. The van der Waals surface area contributed by atoms with Gasteiger partial charge in [-0.15, -0.1) is 0 Å². The van der Waals surface area contributed by atoms with E-state index in [9.17, 15) is 18.8 Å². The number of nitrogens with zero attached hydrogens (tertiary/aromatic N) is 1. The van der Waals surface area contributed by atoms with E-state index in [1.54, 1.807) is 35.8 Å². The van der Waals surface area contributed by atoms with Gasteiger partial charge in [-0.2, -0.15) is 0 Å². The van der Waals surface area contributed by atoms with Crippen LogP contribution in [0.25, 0.3) is 10.9 Å². The average molecular weight is 463 g/mol. The molecule has 0 aliphatic heterocycles. The second-order valence-electron chi connectivity index (χ2n) is 7.87. The van der Waals surface area contributed by atoms with Crippen LogP contribution in [-0.2, 0) is 11.3 Å². The van der Waals surface area contributed by atoms with E-state index in [-0.39, 0.29) is 23.6 Å². The number of fused-ring (bicyclic) bond motifs is 1. The smallest absolute Gasteiger partial charge is 0.244 e. The molecule has 5 nitrogen and oxygen atoms in total. The van der Waals surface area contributed by atoms with Gasteiger partial charge in [0.25, 0.3) is 0 Å². The number of aryl methyl sites for hydroxylation is 2. The Morgan fingerprint density at radius 3 is 2.33 bits per heavy atom. The van der Waals surface area contributed by atoms with E-state index in [1.807, 2.05) is 19.1 Å². The fraction of sp³-hybridized carbons (Fsp3) is 0.115. The first-order valence-corrected chi connectivity index (χ1v) is 10.6. The summed E-state index contributed by atoms with van der Waals surface area (Å²) in [5.74, 6) is -1.34. The minimum absolute atomic E-state index is 0.0830. The largest absolute Gasteiger partial charge is 0.337 e. The third-order valence-electron chi connectivity index (χ3n) is 5.32. The zero-order valence-electron chi connectivity index (χ0n) is 18.0. The molecule has 4 rings (SSSR count). The predicted octanol–water partition coefficient (Wildman–Crippen LogP) is 5.28. The van der Waals surface area contributed by atoms with Crippen molar-refractivity contribution in [1.82, 2.24) is 4.57 Å². The molecule has 0 fully saturated rings. The summed E-state index contributed by atoms with van der Waals surface area (Å²) >= 11 is 5.89. The molecule has 1 aromatic heterocycles. The maximum Gasteiger partial charge on any atom is 0.244 e. The van der Waals surface area contributed by atoms with Gasteiger partial charge in [0.15, 0.2) is 5.78 Å². The lowest BCUT2D eigenvalue weighted by molar-refractivity contribution is -0.116. The number of hydrogen-bond acceptors (Lipinski definition) is 3. The lowest BCUT2D eigenvalue weighted by Crippen LogP contribution is -2.24. The molecule has 0 spiro atoms. The molecule has 1 heterocycles. The molecule has 0 aliphatic rings. The van der Waals surface area contributed by atoms with E-state index in [4.69, 9.17) is 11.6 Å². The maximum absolute atomic E-state index is 13.3. The van der Waals surface area contributed by atoms with Crippen molar-refractivity contribution < 1.29 is 14.0 Å². The molecule has 3 aromatic carbocycles. The first-order valence-electron chi connectivity index (χ1n) is 10.2. The lowest BCUT2D eigenvalue weighted by Gasteiger charge is -2.15. The van der Waals surface area contributed by atoms with Gasteiger partial charge in [-0.25, -0.2) is 4.39 Å². The van der Waals surface area contributed by atoms with Crippen LogP contribution in [0, 0.1) is 19.7 Å². The van der Waals surface area contributed by atoms with Gasteiger partial charge in [-0.05, 0) is 79.6 Å². The van der Waals surface area contributed by atoms with Gasteiger partial charge in [0, 0.05) is 27.9 Å². The number of carbonyl (C=O) groups excluding carboxylic acids is 2. The maximum atomic E-state index is 13.3. The van der Waals surface area contributed by atoms with Crippen molar-refractivity contribution in [2.45, 2.75) is 20.4 Å². The van der Waals surface area contributed by atoms with Gasteiger partial charge < -0.3 is 9.88 Å². The Kier molecular flexibility index (Phi) is 6.11. The van der Waals surface area contributed by atoms with Gasteiger partial charge in [-0.1, -0.05) is 17.7 Å². The Labute approximate surface area is 194 Å². The van der Waals surface area contributed by atoms with E-state index in [2.05, 4.69) is 5.32 Å². The van der Waals surface area contributed by atoms with Crippen LogP contribution in [0.15, 0.2) is 71.7 Å². The molecule has 7 heteroatoms. The van der Waals surface area contributed by atoms with E-state index < -0.39 is 17.0 Å². The van der Waals surface area contributed by atoms with Crippen molar-refractivity contribution in [3.8, 4) is 0 Å². The lowest BCUT2D eigenvalue weighted by atomic mass is 9.99. The molecule has 0 bridgehead atoms. The van der Waals surface area contributed by atoms with Crippen molar-refractivity contribution in [2.24, 2.45) is 0 Å². The summed E-state index contributed by atoms with van der Waals surface area (Å²) in [6.07, 6.45) is 1.40. The SMILES string of the molecule is Cc1cc(C)c2c(=O)c(C(=O)c3ccc(F)cc3)cn(CC(=O)Nc3ccc(Cl)cc3)c2c1. The highest BCUT2D eigenvalue weighted by Gasteiger charge is 2.20. The number of carbonyl (C=O) groups is 2. The summed E-state index contributed by atoms with van der Waals surface area (Å²) < 4.78 is 14.9. The van der Waals surface area contributed by atoms with Crippen LogP contribution >= 0.6 is 11.6 Å². The molecule has 1 N–H and O–H groups in total. The van der Waals surface area contributed by atoms with Gasteiger partial charge in [0.1, 0.15) is 12.4 Å². The number of pyridine rings is 1. The third-order valence-corrected chi connectivity index (χ3v) is 5.57. The molecule has 1 amide bonds. The summed E-state index contributed by atoms with van der Waals surface area (Å²) in [6, 6.07) is 15.4. The monoisotopic (exact) mass is 462 g/mol. The number of anilines is 1. The second-order valence-corrected chi connectivity index (χ2v) is 8.30. The first-order chi connectivity index (χ1) is 15.7. The molecule has 0 saturated heterocycles. The number of rotatable bonds is 5. The van der Waals surface area contributed by atoms with Crippen LogP contribution in [0.2, 0.25) is 5.02 Å². The highest BCUT2D eigenvalue weighted by molar-refractivity contribution is 6.30. The van der Waals surface area contributed by atoms with Crippen LogP contribution in [0.3, 0.4) is 0 Å². The van der Waals surface area contributed by atoms with Crippen molar-refractivity contribution >= 4 is 39.9 Å².